The fourth-order valence-corrected chi connectivity index (χ4v) is 4.21. The summed E-state index contributed by atoms with van der Waals surface area (Å²) in [6, 6.07) is 9.46. The van der Waals surface area contributed by atoms with Gasteiger partial charge in [0.2, 0.25) is 0 Å². The second-order valence-electron chi connectivity index (χ2n) is 6.41. The Hall–Kier alpha value is -2.47. The number of benzene rings is 1. The quantitative estimate of drug-likeness (QED) is 0.725. The zero-order valence-electron chi connectivity index (χ0n) is 14.0. The molecule has 0 radical (unpaired) electrons. The van der Waals surface area contributed by atoms with Gasteiger partial charge >= 0.3 is 0 Å². The van der Waals surface area contributed by atoms with Crippen LogP contribution in [0, 0.1) is 6.92 Å². The first-order valence-electron chi connectivity index (χ1n) is 8.47. The van der Waals surface area contributed by atoms with Crippen molar-refractivity contribution in [2.24, 2.45) is 0 Å². The summed E-state index contributed by atoms with van der Waals surface area (Å²) in [7, 11) is 0. The number of carbonyl (C=O) groups excluding carboxylic acids is 1. The number of hydrogen-bond acceptors (Lipinski definition) is 6. The largest absolute Gasteiger partial charge is 0.545 e. The fraction of sp³-hybridized carbons (Fsp3) is 0.316. The molecule has 0 bridgehead atoms. The predicted molar refractivity (Wildman–Crippen MR) is 98.0 cm³/mol. The van der Waals surface area contributed by atoms with Crippen molar-refractivity contribution in [2.45, 2.75) is 26.2 Å². The van der Waals surface area contributed by atoms with Crippen LogP contribution >= 0.6 is 11.3 Å². The maximum atomic E-state index is 11.7. The minimum absolute atomic E-state index is 0.168. The fourth-order valence-electron chi connectivity index (χ4n) is 3.15. The van der Waals surface area contributed by atoms with Crippen molar-refractivity contribution < 1.29 is 9.90 Å². The zero-order valence-corrected chi connectivity index (χ0v) is 14.8. The lowest BCUT2D eigenvalue weighted by atomic mass is 10.1. The number of carboxylic acid groups (broad SMARTS) is 1. The number of thiazole rings is 1. The number of nitrogens with zero attached hydrogens (tertiary/aromatic N) is 3. The van der Waals surface area contributed by atoms with Gasteiger partial charge in [-0.1, -0.05) is 41.2 Å². The van der Waals surface area contributed by atoms with Crippen molar-refractivity contribution in [2.75, 3.05) is 18.0 Å². The number of piperidine rings is 1. The second kappa shape index (κ2) is 6.44. The van der Waals surface area contributed by atoms with Crippen LogP contribution in [-0.4, -0.2) is 29.0 Å². The standard InChI is InChI=1S/C19H19N3O2S/c1-12-5-7-13(8-6-12)15-11-14(18(23)24)16-17(20-15)21-19(25-16)22-9-3-2-4-10-22/h5-8,11H,2-4,9-10H2,1H3,(H,23,24)/p-1. The predicted octanol–water partition coefficient (Wildman–Crippen LogP) is 3.02. The van der Waals surface area contributed by atoms with Crippen LogP contribution in [0.2, 0.25) is 0 Å². The molecule has 3 heterocycles. The third-order valence-corrected chi connectivity index (χ3v) is 5.68. The number of fused-ring (bicyclic) bond motifs is 1. The molecule has 0 spiro atoms. The Morgan fingerprint density at radius 3 is 2.52 bits per heavy atom. The molecule has 0 atom stereocenters. The Morgan fingerprint density at radius 2 is 1.84 bits per heavy atom. The van der Waals surface area contributed by atoms with Gasteiger partial charge in [0.05, 0.1) is 16.4 Å². The normalized spacial score (nSPS) is 14.8. The van der Waals surface area contributed by atoms with Crippen molar-refractivity contribution in [1.29, 1.82) is 0 Å². The molecule has 0 amide bonds. The van der Waals surface area contributed by atoms with Crippen LogP contribution in [0.3, 0.4) is 0 Å². The van der Waals surface area contributed by atoms with E-state index in [2.05, 4.69) is 14.9 Å². The number of hydrogen-bond donors (Lipinski definition) is 0. The van der Waals surface area contributed by atoms with Gasteiger partial charge in [0.15, 0.2) is 10.8 Å². The zero-order chi connectivity index (χ0) is 17.4. The lowest BCUT2D eigenvalue weighted by Crippen LogP contribution is -2.29. The first kappa shape index (κ1) is 16.0. The van der Waals surface area contributed by atoms with Gasteiger partial charge in [-0.3, -0.25) is 0 Å². The molecule has 0 N–H and O–H groups in total. The molecule has 1 aliphatic rings. The van der Waals surface area contributed by atoms with Crippen LogP contribution in [-0.2, 0) is 0 Å². The Morgan fingerprint density at radius 1 is 1.12 bits per heavy atom. The highest BCUT2D eigenvalue weighted by Crippen LogP contribution is 2.34. The van der Waals surface area contributed by atoms with Crippen molar-refractivity contribution in [3.05, 3.63) is 41.5 Å². The van der Waals surface area contributed by atoms with E-state index in [0.717, 1.165) is 42.2 Å². The number of pyridine rings is 1. The van der Waals surface area contributed by atoms with Gasteiger partial charge in [0.25, 0.3) is 0 Å². The van der Waals surface area contributed by atoms with E-state index >= 15 is 0 Å². The van der Waals surface area contributed by atoms with Crippen LogP contribution < -0.4 is 10.0 Å². The van der Waals surface area contributed by atoms with Gasteiger partial charge in [0, 0.05) is 24.2 Å². The van der Waals surface area contributed by atoms with Crippen LogP contribution in [0.15, 0.2) is 30.3 Å². The lowest BCUT2D eigenvalue weighted by molar-refractivity contribution is -0.254. The molecular weight excluding hydrogens is 334 g/mol. The Labute approximate surface area is 150 Å². The van der Waals surface area contributed by atoms with Crippen molar-refractivity contribution >= 4 is 32.8 Å². The summed E-state index contributed by atoms with van der Waals surface area (Å²) in [6.07, 6.45) is 3.53. The van der Waals surface area contributed by atoms with Gasteiger partial charge in [-0.15, -0.1) is 0 Å². The minimum Gasteiger partial charge on any atom is -0.545 e. The van der Waals surface area contributed by atoms with Crippen LogP contribution in [0.5, 0.6) is 0 Å². The molecule has 128 valence electrons. The number of anilines is 1. The number of carboxylic acids is 1. The highest BCUT2D eigenvalue weighted by molar-refractivity contribution is 7.22. The van der Waals surface area contributed by atoms with Gasteiger partial charge in [-0.25, -0.2) is 4.98 Å². The maximum Gasteiger partial charge on any atom is 0.188 e. The number of carbonyl (C=O) groups is 1. The second-order valence-corrected chi connectivity index (χ2v) is 7.38. The number of aryl methyl sites for hydroxylation is 1. The van der Waals surface area contributed by atoms with Crippen LogP contribution in [0.4, 0.5) is 5.13 Å². The molecule has 1 fully saturated rings. The number of aromatic nitrogens is 2. The molecule has 0 unspecified atom stereocenters. The summed E-state index contributed by atoms with van der Waals surface area (Å²) in [5, 5.41) is 12.5. The summed E-state index contributed by atoms with van der Waals surface area (Å²) < 4.78 is 0.594. The van der Waals surface area contributed by atoms with Gasteiger partial charge in [-0.05, 0) is 32.3 Å². The van der Waals surface area contributed by atoms with Crippen molar-refractivity contribution in [1.82, 2.24) is 9.97 Å². The molecule has 0 aliphatic carbocycles. The smallest absolute Gasteiger partial charge is 0.188 e. The van der Waals surface area contributed by atoms with Gasteiger partial charge < -0.3 is 14.8 Å². The van der Waals surface area contributed by atoms with Crippen molar-refractivity contribution in [3.63, 3.8) is 0 Å². The Kier molecular flexibility index (Phi) is 4.13. The monoisotopic (exact) mass is 352 g/mol. The van der Waals surface area contributed by atoms with E-state index in [9.17, 15) is 9.90 Å². The molecule has 1 aromatic carbocycles. The third-order valence-electron chi connectivity index (χ3n) is 4.54. The topological polar surface area (TPSA) is 69.2 Å². The van der Waals surface area contributed by atoms with Crippen molar-refractivity contribution in [3.8, 4) is 11.3 Å². The SMILES string of the molecule is Cc1ccc(-c2cc(C(=O)[O-])c3sc(N4CCCCC4)nc3n2)cc1. The maximum absolute atomic E-state index is 11.7. The van der Waals surface area contributed by atoms with E-state index in [-0.39, 0.29) is 5.56 Å². The molecular formula is C19H18N3O2S-. The number of rotatable bonds is 3. The van der Waals surface area contributed by atoms with E-state index in [0.29, 0.717) is 16.0 Å². The van der Waals surface area contributed by atoms with Gasteiger partial charge in [-0.2, -0.15) is 4.98 Å². The molecule has 1 aliphatic heterocycles. The Balaban J connectivity index is 1.83. The molecule has 2 aromatic heterocycles. The summed E-state index contributed by atoms with van der Waals surface area (Å²) in [4.78, 5) is 23.1. The minimum atomic E-state index is -1.19. The van der Waals surface area contributed by atoms with E-state index in [1.165, 1.54) is 17.8 Å². The molecule has 0 saturated carbocycles. The number of aromatic carboxylic acids is 1. The molecule has 25 heavy (non-hydrogen) atoms. The van der Waals surface area contributed by atoms with Crippen LogP contribution in [0.25, 0.3) is 21.6 Å². The highest BCUT2D eigenvalue weighted by Gasteiger charge is 2.18. The van der Waals surface area contributed by atoms with E-state index in [4.69, 9.17) is 0 Å². The molecule has 6 heteroatoms. The summed E-state index contributed by atoms with van der Waals surface area (Å²) in [6.45, 7) is 3.94. The summed E-state index contributed by atoms with van der Waals surface area (Å²) >= 11 is 1.40. The highest BCUT2D eigenvalue weighted by atomic mass is 32.1. The molecule has 3 aromatic rings. The molecule has 1 saturated heterocycles. The summed E-state index contributed by atoms with van der Waals surface area (Å²) in [5.41, 5.74) is 3.29. The summed E-state index contributed by atoms with van der Waals surface area (Å²) in [5.74, 6) is -1.19. The first-order valence-corrected chi connectivity index (χ1v) is 9.28. The molecule has 5 nitrogen and oxygen atoms in total. The third kappa shape index (κ3) is 3.09. The average Bonchev–Trinajstić information content (AvgIpc) is 3.06. The lowest BCUT2D eigenvalue weighted by Gasteiger charge is -2.25. The average molecular weight is 352 g/mol. The van der Waals surface area contributed by atoms with Gasteiger partial charge in [0.1, 0.15) is 0 Å². The first-order chi connectivity index (χ1) is 12.1. The van der Waals surface area contributed by atoms with E-state index < -0.39 is 5.97 Å². The Bertz CT molecular complexity index is 928. The van der Waals surface area contributed by atoms with E-state index in [1.807, 2.05) is 31.2 Å². The van der Waals surface area contributed by atoms with E-state index in [1.54, 1.807) is 6.07 Å². The van der Waals surface area contributed by atoms with Crippen LogP contribution in [0.1, 0.15) is 35.2 Å². The molecule has 4 rings (SSSR count).